The van der Waals surface area contributed by atoms with Crippen molar-refractivity contribution in [2.24, 2.45) is 5.92 Å². The van der Waals surface area contributed by atoms with Gasteiger partial charge in [0.15, 0.2) is 0 Å². The molecule has 7 nitrogen and oxygen atoms in total. The highest BCUT2D eigenvalue weighted by molar-refractivity contribution is 5.87. The molecule has 0 aliphatic rings. The molecule has 0 aliphatic carbocycles. The molecule has 0 spiro atoms. The summed E-state index contributed by atoms with van der Waals surface area (Å²) < 4.78 is 0. The van der Waals surface area contributed by atoms with Crippen LogP contribution in [0.4, 0.5) is 0 Å². The molecule has 7 heteroatoms. The molecule has 0 aromatic heterocycles. The Morgan fingerprint density at radius 3 is 1.93 bits per heavy atom. The molecule has 0 aliphatic heterocycles. The van der Waals surface area contributed by atoms with Gasteiger partial charge in [0, 0.05) is 24.3 Å². The fourth-order valence-corrected chi connectivity index (χ4v) is 0.817. The van der Waals surface area contributed by atoms with Crippen LogP contribution in [-0.2, 0) is 14.4 Å². The number of rotatable bonds is 5. The van der Waals surface area contributed by atoms with Crippen LogP contribution in [0.25, 0.3) is 0 Å². The fourth-order valence-electron chi connectivity index (χ4n) is 0.817. The van der Waals surface area contributed by atoms with E-state index < -0.39 is 35.8 Å². The van der Waals surface area contributed by atoms with Crippen molar-refractivity contribution in [2.45, 2.75) is 18.9 Å². The molecule has 0 saturated carbocycles. The topological polar surface area (TPSA) is 141 Å². The third-order valence-corrected chi connectivity index (χ3v) is 1.84. The van der Waals surface area contributed by atoms with Crippen molar-refractivity contribution in [3.05, 3.63) is 0 Å². The molecule has 0 bridgehead atoms. The van der Waals surface area contributed by atoms with Crippen LogP contribution in [0, 0.1) is 5.92 Å². The molecule has 1 N–H and O–H groups in total. The number of aliphatic hydroxyl groups is 1. The Bertz CT molecular complexity index is 271. The number of hydrogen-bond acceptors (Lipinski definition) is 7. The van der Waals surface area contributed by atoms with Crippen LogP contribution in [0.15, 0.2) is 0 Å². The van der Waals surface area contributed by atoms with Crippen molar-refractivity contribution in [2.75, 3.05) is 0 Å². The molecule has 0 aromatic carbocycles. The average molecular weight is 203 g/mol. The van der Waals surface area contributed by atoms with Gasteiger partial charge < -0.3 is 34.8 Å². The largest absolute Gasteiger partial charge is 0.550 e. The smallest absolute Gasteiger partial charge is 0.117 e. The first-order valence-corrected chi connectivity index (χ1v) is 3.56. The number of carboxylic acid groups (broad SMARTS) is 3. The van der Waals surface area contributed by atoms with Gasteiger partial charge in [-0.05, 0) is 0 Å². The molecule has 14 heavy (non-hydrogen) atoms. The van der Waals surface area contributed by atoms with Crippen LogP contribution in [-0.4, -0.2) is 28.6 Å². The summed E-state index contributed by atoms with van der Waals surface area (Å²) in [5.41, 5.74) is -3.02. The monoisotopic (exact) mass is 203 g/mol. The van der Waals surface area contributed by atoms with E-state index in [-0.39, 0.29) is 0 Å². The minimum atomic E-state index is -3.02. The highest BCUT2D eigenvalue weighted by atomic mass is 16.4. The lowest BCUT2D eigenvalue weighted by Gasteiger charge is -2.35. The predicted octanol–water partition coefficient (Wildman–Crippen LogP) is -5.01. The SMILES string of the molecule is C[C@H](C(=O)[O-])[C@](O)(CC(=O)[O-])C(=O)[O-]. The Morgan fingerprint density at radius 1 is 1.29 bits per heavy atom. The van der Waals surface area contributed by atoms with Crippen LogP contribution >= 0.6 is 0 Å². The van der Waals surface area contributed by atoms with Gasteiger partial charge in [-0.25, -0.2) is 0 Å². The summed E-state index contributed by atoms with van der Waals surface area (Å²) in [5.74, 6) is -7.90. The maximum absolute atomic E-state index is 10.4. The second-order valence-corrected chi connectivity index (χ2v) is 2.80. The van der Waals surface area contributed by atoms with E-state index in [0.717, 1.165) is 6.92 Å². The van der Waals surface area contributed by atoms with Crippen molar-refractivity contribution in [1.82, 2.24) is 0 Å². The molecule has 0 fully saturated rings. The molecule has 0 amide bonds. The van der Waals surface area contributed by atoms with Crippen molar-refractivity contribution in [1.29, 1.82) is 0 Å². The van der Waals surface area contributed by atoms with Crippen LogP contribution in [0.3, 0.4) is 0 Å². The first kappa shape index (κ1) is 12.4. The minimum absolute atomic E-state index is 0.800. The van der Waals surface area contributed by atoms with E-state index in [4.69, 9.17) is 0 Å². The molecule has 80 valence electrons. The molecule has 0 unspecified atom stereocenters. The number of carbonyl (C=O) groups excluding carboxylic acids is 3. The zero-order valence-electron chi connectivity index (χ0n) is 7.18. The second-order valence-electron chi connectivity index (χ2n) is 2.80. The minimum Gasteiger partial charge on any atom is -0.550 e. The van der Waals surface area contributed by atoms with Crippen LogP contribution < -0.4 is 15.3 Å². The quantitative estimate of drug-likeness (QED) is 0.471. The summed E-state index contributed by atoms with van der Waals surface area (Å²) >= 11 is 0. The lowest BCUT2D eigenvalue weighted by Crippen LogP contribution is -2.59. The zero-order valence-corrected chi connectivity index (χ0v) is 7.18. The van der Waals surface area contributed by atoms with Gasteiger partial charge in [0.2, 0.25) is 0 Å². The Hall–Kier alpha value is -1.63. The first-order chi connectivity index (χ1) is 6.21. The second kappa shape index (κ2) is 4.05. The maximum Gasteiger partial charge on any atom is 0.117 e. The van der Waals surface area contributed by atoms with Crippen molar-refractivity contribution in [3.63, 3.8) is 0 Å². The van der Waals surface area contributed by atoms with E-state index in [2.05, 4.69) is 0 Å². The number of carboxylic acids is 3. The summed E-state index contributed by atoms with van der Waals surface area (Å²) in [6.07, 6.45) is -1.37. The summed E-state index contributed by atoms with van der Waals surface area (Å²) in [4.78, 5) is 30.7. The van der Waals surface area contributed by atoms with Crippen LogP contribution in [0.1, 0.15) is 13.3 Å². The van der Waals surface area contributed by atoms with Gasteiger partial charge in [-0.1, -0.05) is 6.92 Å². The summed E-state index contributed by atoms with van der Waals surface area (Å²) in [5, 5.41) is 39.9. The van der Waals surface area contributed by atoms with Gasteiger partial charge in [-0.2, -0.15) is 0 Å². The number of aliphatic carboxylic acids is 3. The highest BCUT2D eigenvalue weighted by Gasteiger charge is 2.36. The number of hydrogen-bond donors (Lipinski definition) is 1. The molecule has 0 saturated heterocycles. The van der Waals surface area contributed by atoms with Gasteiger partial charge in [-0.3, -0.25) is 0 Å². The van der Waals surface area contributed by atoms with E-state index in [1.807, 2.05) is 0 Å². The number of carbonyl (C=O) groups is 3. The Labute approximate surface area is 78.6 Å². The third-order valence-electron chi connectivity index (χ3n) is 1.84. The van der Waals surface area contributed by atoms with Gasteiger partial charge in [0.1, 0.15) is 5.60 Å². The predicted molar refractivity (Wildman–Crippen MR) is 33.8 cm³/mol. The highest BCUT2D eigenvalue weighted by Crippen LogP contribution is 2.20. The van der Waals surface area contributed by atoms with Gasteiger partial charge in [0.05, 0.1) is 5.97 Å². The molecule has 0 radical (unpaired) electrons. The van der Waals surface area contributed by atoms with E-state index in [0.29, 0.717) is 0 Å². The normalized spacial score (nSPS) is 16.7. The van der Waals surface area contributed by atoms with Crippen LogP contribution in [0.2, 0.25) is 0 Å². The Morgan fingerprint density at radius 2 is 1.71 bits per heavy atom. The molecule has 2 atom stereocenters. The zero-order chi connectivity index (χ0) is 11.5. The lowest BCUT2D eigenvalue weighted by atomic mass is 9.86. The van der Waals surface area contributed by atoms with Gasteiger partial charge in [0.25, 0.3) is 0 Å². The summed E-state index contributed by atoms with van der Waals surface area (Å²) in [7, 11) is 0. The van der Waals surface area contributed by atoms with Gasteiger partial charge in [-0.15, -0.1) is 0 Å². The first-order valence-electron chi connectivity index (χ1n) is 3.56. The lowest BCUT2D eigenvalue weighted by molar-refractivity contribution is -0.345. The molecule has 0 aromatic rings. The third kappa shape index (κ3) is 2.43. The molecular weight excluding hydrogens is 196 g/mol. The summed E-state index contributed by atoms with van der Waals surface area (Å²) in [6.45, 7) is 0.800. The van der Waals surface area contributed by atoms with E-state index in [1.54, 1.807) is 0 Å². The molecular formula is C7H7O7-3. The van der Waals surface area contributed by atoms with E-state index in [9.17, 15) is 34.8 Å². The van der Waals surface area contributed by atoms with Crippen LogP contribution in [0.5, 0.6) is 0 Å². The standard InChI is InChI=1S/C7H10O7/c1-3(5(10)11)7(14,6(12)13)2-4(8)9/h3,14H,2H2,1H3,(H,8,9)(H,10,11)(H,12,13)/p-3/t3-,7-/m1/s1. The average Bonchev–Trinajstić information content (AvgIpc) is 2.00. The molecule has 0 heterocycles. The maximum atomic E-state index is 10.4. The van der Waals surface area contributed by atoms with Gasteiger partial charge >= 0.3 is 0 Å². The van der Waals surface area contributed by atoms with Crippen molar-refractivity contribution in [3.8, 4) is 0 Å². The Balaban J connectivity index is 4.99. The Kier molecular flexibility index (Phi) is 3.58. The van der Waals surface area contributed by atoms with Crippen molar-refractivity contribution >= 4 is 17.9 Å². The fraction of sp³-hybridized carbons (Fsp3) is 0.571. The van der Waals surface area contributed by atoms with E-state index in [1.165, 1.54) is 0 Å². The van der Waals surface area contributed by atoms with Crippen molar-refractivity contribution < 1.29 is 34.8 Å². The van der Waals surface area contributed by atoms with E-state index >= 15 is 0 Å². The molecule has 0 rings (SSSR count). The summed E-state index contributed by atoms with van der Waals surface area (Å²) in [6, 6.07) is 0.